The Balaban J connectivity index is 1.63. The molecule has 0 unspecified atom stereocenters. The summed E-state index contributed by atoms with van der Waals surface area (Å²) in [5.74, 6) is 1.95. The molecule has 0 saturated heterocycles. The zero-order chi connectivity index (χ0) is 15.6. The number of hydrogen-bond donors (Lipinski definition) is 0. The molecule has 0 fully saturated rings. The molecular formula is C18H16Cl2S2. The number of halogens is 2. The number of benzene rings is 2. The van der Waals surface area contributed by atoms with Crippen LogP contribution in [-0.4, -0.2) is 11.5 Å². The molecule has 0 aliphatic heterocycles. The molecule has 0 heterocycles. The van der Waals surface area contributed by atoms with Crippen LogP contribution in [0.15, 0.2) is 60.7 Å². The van der Waals surface area contributed by atoms with Gasteiger partial charge in [0.1, 0.15) is 0 Å². The average Bonchev–Trinajstić information content (AvgIpc) is 2.50. The summed E-state index contributed by atoms with van der Waals surface area (Å²) in [5.41, 5.74) is 2.28. The van der Waals surface area contributed by atoms with Crippen molar-refractivity contribution in [1.82, 2.24) is 0 Å². The van der Waals surface area contributed by atoms with Crippen LogP contribution in [0.2, 0.25) is 10.0 Å². The van der Waals surface area contributed by atoms with Gasteiger partial charge in [-0.3, -0.25) is 0 Å². The lowest BCUT2D eigenvalue weighted by Gasteiger charge is -1.96. The van der Waals surface area contributed by atoms with Gasteiger partial charge in [-0.25, -0.2) is 0 Å². The summed E-state index contributed by atoms with van der Waals surface area (Å²) < 4.78 is 0. The largest absolute Gasteiger partial charge is 0.0897 e. The van der Waals surface area contributed by atoms with Crippen molar-refractivity contribution in [1.29, 1.82) is 0 Å². The summed E-state index contributed by atoms with van der Waals surface area (Å²) in [6.07, 6.45) is 8.51. The molecule has 0 atom stereocenters. The van der Waals surface area contributed by atoms with Gasteiger partial charge in [-0.2, -0.15) is 0 Å². The van der Waals surface area contributed by atoms with Gasteiger partial charge in [0.15, 0.2) is 0 Å². The van der Waals surface area contributed by atoms with E-state index in [1.165, 1.54) is 0 Å². The van der Waals surface area contributed by atoms with Crippen molar-refractivity contribution < 1.29 is 0 Å². The third kappa shape index (κ3) is 6.97. The van der Waals surface area contributed by atoms with Crippen LogP contribution in [0.1, 0.15) is 11.1 Å². The Morgan fingerprint density at radius 1 is 0.727 bits per heavy atom. The van der Waals surface area contributed by atoms with Crippen LogP contribution in [0.3, 0.4) is 0 Å². The van der Waals surface area contributed by atoms with E-state index in [9.17, 15) is 0 Å². The summed E-state index contributed by atoms with van der Waals surface area (Å²) in [5, 5.41) is 1.55. The van der Waals surface area contributed by atoms with E-state index in [-0.39, 0.29) is 0 Å². The van der Waals surface area contributed by atoms with Crippen LogP contribution in [0.4, 0.5) is 0 Å². The molecule has 2 rings (SSSR count). The SMILES string of the molecule is Clc1cccc(/C=C/CSSC/C=C/c2cccc(Cl)c2)c1. The van der Waals surface area contributed by atoms with Crippen molar-refractivity contribution in [3.05, 3.63) is 81.9 Å². The van der Waals surface area contributed by atoms with Crippen molar-refractivity contribution >= 4 is 56.9 Å². The molecule has 0 aliphatic carbocycles. The van der Waals surface area contributed by atoms with Crippen LogP contribution in [0.25, 0.3) is 12.2 Å². The average molecular weight is 367 g/mol. The Bertz CT molecular complexity index is 594. The summed E-state index contributed by atoms with van der Waals surface area (Å²) in [6, 6.07) is 15.7. The second-order valence-corrected chi connectivity index (χ2v) is 7.91. The first-order chi connectivity index (χ1) is 10.7. The normalized spacial score (nSPS) is 11.5. The maximum Gasteiger partial charge on any atom is 0.0411 e. The minimum atomic E-state index is 0.773. The zero-order valence-corrected chi connectivity index (χ0v) is 15.1. The Morgan fingerprint density at radius 3 is 1.59 bits per heavy atom. The summed E-state index contributed by atoms with van der Waals surface area (Å²) in [6.45, 7) is 0. The lowest BCUT2D eigenvalue weighted by Crippen LogP contribution is -1.74. The quantitative estimate of drug-likeness (QED) is 0.378. The standard InChI is InChI=1S/C18H16Cl2S2/c19-17-9-1-5-15(13-17)7-3-11-21-22-12-4-8-16-6-2-10-18(20)14-16/h1-10,13-14H,11-12H2/b7-3+,8-4+. The van der Waals surface area contributed by atoms with Crippen molar-refractivity contribution in [2.24, 2.45) is 0 Å². The van der Waals surface area contributed by atoms with Crippen molar-refractivity contribution in [3.8, 4) is 0 Å². The predicted molar refractivity (Wildman–Crippen MR) is 106 cm³/mol. The van der Waals surface area contributed by atoms with Gasteiger partial charge in [0.2, 0.25) is 0 Å². The molecule has 0 saturated carbocycles. The van der Waals surface area contributed by atoms with E-state index in [2.05, 4.69) is 24.3 Å². The van der Waals surface area contributed by atoms with Crippen LogP contribution in [0.5, 0.6) is 0 Å². The van der Waals surface area contributed by atoms with Crippen LogP contribution in [0, 0.1) is 0 Å². The molecule has 0 radical (unpaired) electrons. The molecule has 2 aromatic rings. The van der Waals surface area contributed by atoms with Crippen molar-refractivity contribution in [2.75, 3.05) is 11.5 Å². The van der Waals surface area contributed by atoms with E-state index in [0.29, 0.717) is 0 Å². The van der Waals surface area contributed by atoms with Gasteiger partial charge in [-0.1, -0.05) is 93.4 Å². The molecule has 4 heteroatoms. The second-order valence-electron chi connectivity index (χ2n) is 4.48. The number of rotatable bonds is 7. The van der Waals surface area contributed by atoms with E-state index in [1.807, 2.05) is 70.1 Å². The van der Waals surface area contributed by atoms with E-state index in [0.717, 1.165) is 32.7 Å². The highest BCUT2D eigenvalue weighted by Gasteiger charge is 1.90. The van der Waals surface area contributed by atoms with Gasteiger partial charge in [-0.15, -0.1) is 0 Å². The fraction of sp³-hybridized carbons (Fsp3) is 0.111. The van der Waals surface area contributed by atoms with Gasteiger partial charge < -0.3 is 0 Å². The fourth-order valence-electron chi connectivity index (χ4n) is 1.76. The first-order valence-corrected chi connectivity index (χ1v) is 10.1. The topological polar surface area (TPSA) is 0 Å². The van der Waals surface area contributed by atoms with Crippen LogP contribution in [-0.2, 0) is 0 Å². The van der Waals surface area contributed by atoms with Gasteiger partial charge in [0, 0.05) is 21.6 Å². The van der Waals surface area contributed by atoms with Crippen molar-refractivity contribution in [3.63, 3.8) is 0 Å². The molecule has 0 nitrogen and oxygen atoms in total. The molecule has 0 N–H and O–H groups in total. The summed E-state index contributed by atoms with van der Waals surface area (Å²) in [7, 11) is 3.67. The predicted octanol–water partition coefficient (Wildman–Crippen LogP) is 7.10. The fourth-order valence-corrected chi connectivity index (χ4v) is 3.75. The molecule has 2 aromatic carbocycles. The third-order valence-electron chi connectivity index (χ3n) is 2.73. The monoisotopic (exact) mass is 366 g/mol. The molecule has 0 amide bonds. The Hall–Kier alpha value is -0.800. The van der Waals surface area contributed by atoms with Gasteiger partial charge in [0.25, 0.3) is 0 Å². The maximum atomic E-state index is 5.94. The van der Waals surface area contributed by atoms with Gasteiger partial charge in [-0.05, 0) is 35.4 Å². The molecule has 0 spiro atoms. The molecule has 114 valence electrons. The molecule has 22 heavy (non-hydrogen) atoms. The number of hydrogen-bond acceptors (Lipinski definition) is 2. The first kappa shape index (κ1) is 17.6. The highest BCUT2D eigenvalue weighted by atomic mass is 35.5. The van der Waals surface area contributed by atoms with Crippen LogP contribution < -0.4 is 0 Å². The summed E-state index contributed by atoms with van der Waals surface area (Å²) >= 11 is 11.9. The molecule has 0 aliphatic rings. The Labute approximate surface area is 150 Å². The molecule has 0 bridgehead atoms. The van der Waals surface area contributed by atoms with E-state index in [4.69, 9.17) is 23.2 Å². The maximum absolute atomic E-state index is 5.94. The van der Waals surface area contributed by atoms with E-state index < -0.39 is 0 Å². The lowest BCUT2D eigenvalue weighted by molar-refractivity contribution is 1.65. The zero-order valence-electron chi connectivity index (χ0n) is 11.9. The molecular weight excluding hydrogens is 351 g/mol. The highest BCUT2D eigenvalue weighted by molar-refractivity contribution is 8.76. The Kier molecular flexibility index (Phi) is 8.03. The molecule has 0 aromatic heterocycles. The van der Waals surface area contributed by atoms with Crippen LogP contribution >= 0.6 is 44.8 Å². The highest BCUT2D eigenvalue weighted by Crippen LogP contribution is 2.22. The van der Waals surface area contributed by atoms with E-state index in [1.54, 1.807) is 0 Å². The van der Waals surface area contributed by atoms with Crippen molar-refractivity contribution in [2.45, 2.75) is 0 Å². The minimum absolute atomic E-state index is 0.773. The van der Waals surface area contributed by atoms with E-state index >= 15 is 0 Å². The lowest BCUT2D eigenvalue weighted by atomic mass is 10.2. The Morgan fingerprint density at radius 2 is 1.18 bits per heavy atom. The second kappa shape index (κ2) is 10.1. The first-order valence-electron chi connectivity index (χ1n) is 6.83. The smallest absolute Gasteiger partial charge is 0.0411 e. The minimum Gasteiger partial charge on any atom is -0.0897 e. The van der Waals surface area contributed by atoms with Gasteiger partial charge >= 0.3 is 0 Å². The summed E-state index contributed by atoms with van der Waals surface area (Å²) in [4.78, 5) is 0. The third-order valence-corrected chi connectivity index (χ3v) is 5.34. The van der Waals surface area contributed by atoms with Gasteiger partial charge in [0.05, 0.1) is 0 Å².